The molecule has 2 nitrogen and oxygen atoms in total. The minimum atomic E-state index is -1.55. The molecule has 0 rings (SSSR count). The summed E-state index contributed by atoms with van der Waals surface area (Å²) in [5.41, 5.74) is -1.55. The first-order valence-corrected chi connectivity index (χ1v) is 3.71. The highest BCUT2D eigenvalue weighted by Gasteiger charge is 2.39. The van der Waals surface area contributed by atoms with Gasteiger partial charge in [-0.25, -0.2) is 4.39 Å². The lowest BCUT2D eigenvalue weighted by molar-refractivity contribution is 0.0978. The average Bonchev–Trinajstić information content (AvgIpc) is 2.14. The molecule has 0 bridgehead atoms. The Morgan fingerprint density at radius 3 is 1.92 bits per heavy atom. The van der Waals surface area contributed by atoms with Gasteiger partial charge in [-0.1, -0.05) is 12.1 Å². The molecule has 72 valence electrons. The summed E-state index contributed by atoms with van der Waals surface area (Å²) in [5, 5.41) is 2.39. The Morgan fingerprint density at radius 1 is 1.33 bits per heavy atom. The smallest absolute Gasteiger partial charge is 0.131 e. The van der Waals surface area contributed by atoms with Gasteiger partial charge < -0.3 is 0 Å². The van der Waals surface area contributed by atoms with Crippen molar-refractivity contribution in [2.45, 2.75) is 19.4 Å². The zero-order valence-corrected chi connectivity index (χ0v) is 6.90. The average molecular weight is 183 g/mol. The predicted octanol–water partition coefficient (Wildman–Crippen LogP) is 2.43. The van der Waals surface area contributed by atoms with Crippen molar-refractivity contribution in [1.82, 2.24) is 0 Å². The van der Waals surface area contributed by atoms with Crippen molar-refractivity contribution in [3.05, 3.63) is 4.91 Å². The fourth-order valence-electron chi connectivity index (χ4n) is 0.942. The van der Waals surface area contributed by atoms with E-state index in [-0.39, 0.29) is 6.42 Å². The van der Waals surface area contributed by atoms with Crippen LogP contribution in [0.2, 0.25) is 0 Å². The molecule has 12 heavy (non-hydrogen) atoms. The van der Waals surface area contributed by atoms with Crippen LogP contribution in [0.4, 0.5) is 13.2 Å². The summed E-state index contributed by atoms with van der Waals surface area (Å²) >= 11 is 0. The first-order valence-electron chi connectivity index (χ1n) is 3.71. The SMILES string of the molecule is CCC(CF)(CF)C(CF)N=O. The molecular formula is C7H12F3NO. The highest BCUT2D eigenvalue weighted by molar-refractivity contribution is 4.89. The molecule has 1 atom stereocenters. The number of hydrogen-bond donors (Lipinski definition) is 0. The van der Waals surface area contributed by atoms with Crippen LogP contribution in [-0.4, -0.2) is 26.1 Å². The minimum Gasteiger partial charge on any atom is -0.250 e. The molecule has 0 N–H and O–H groups in total. The highest BCUT2D eigenvalue weighted by Crippen LogP contribution is 2.30. The summed E-state index contributed by atoms with van der Waals surface area (Å²) in [5.74, 6) is 0. The van der Waals surface area contributed by atoms with Crippen LogP contribution >= 0.6 is 0 Å². The van der Waals surface area contributed by atoms with Crippen LogP contribution in [-0.2, 0) is 0 Å². The molecule has 5 heteroatoms. The van der Waals surface area contributed by atoms with Crippen molar-refractivity contribution < 1.29 is 13.2 Å². The van der Waals surface area contributed by atoms with E-state index >= 15 is 0 Å². The number of hydrogen-bond acceptors (Lipinski definition) is 2. The van der Waals surface area contributed by atoms with E-state index in [0.717, 1.165) is 0 Å². The van der Waals surface area contributed by atoms with Gasteiger partial charge in [-0.15, -0.1) is 0 Å². The van der Waals surface area contributed by atoms with E-state index in [2.05, 4.69) is 5.18 Å². The van der Waals surface area contributed by atoms with E-state index in [1.165, 1.54) is 6.92 Å². The van der Waals surface area contributed by atoms with Crippen LogP contribution in [0.15, 0.2) is 5.18 Å². The Hall–Kier alpha value is -0.610. The highest BCUT2D eigenvalue weighted by atomic mass is 19.1. The monoisotopic (exact) mass is 183 g/mol. The fraction of sp³-hybridized carbons (Fsp3) is 1.00. The van der Waals surface area contributed by atoms with E-state index in [0.29, 0.717) is 0 Å². The van der Waals surface area contributed by atoms with Crippen LogP contribution in [0, 0.1) is 10.3 Å². The number of alkyl halides is 3. The van der Waals surface area contributed by atoms with Gasteiger partial charge in [0, 0.05) is 0 Å². The van der Waals surface area contributed by atoms with Gasteiger partial charge >= 0.3 is 0 Å². The van der Waals surface area contributed by atoms with Gasteiger partial charge in [0.1, 0.15) is 12.7 Å². The minimum absolute atomic E-state index is 0.0698. The van der Waals surface area contributed by atoms with Crippen LogP contribution in [0.3, 0.4) is 0 Å². The Labute approximate surface area is 69.1 Å². The quantitative estimate of drug-likeness (QED) is 0.581. The van der Waals surface area contributed by atoms with Gasteiger partial charge in [-0.2, -0.15) is 4.91 Å². The van der Waals surface area contributed by atoms with Gasteiger partial charge in [0.25, 0.3) is 0 Å². The summed E-state index contributed by atoms with van der Waals surface area (Å²) in [7, 11) is 0. The molecule has 0 saturated heterocycles. The zero-order chi connectivity index (χ0) is 9.61. The van der Waals surface area contributed by atoms with E-state index in [1.807, 2.05) is 0 Å². The molecule has 0 aromatic heterocycles. The molecule has 0 aliphatic rings. The van der Waals surface area contributed by atoms with Crippen molar-refractivity contribution in [2.75, 3.05) is 20.0 Å². The summed E-state index contributed by atoms with van der Waals surface area (Å²) in [4.78, 5) is 10.0. The van der Waals surface area contributed by atoms with Gasteiger partial charge in [0.2, 0.25) is 0 Å². The summed E-state index contributed by atoms with van der Waals surface area (Å²) < 4.78 is 36.8. The van der Waals surface area contributed by atoms with Crippen molar-refractivity contribution in [3.63, 3.8) is 0 Å². The lowest BCUT2D eigenvalue weighted by atomic mass is 9.81. The maximum absolute atomic E-state index is 12.3. The predicted molar refractivity (Wildman–Crippen MR) is 40.2 cm³/mol. The molecule has 0 spiro atoms. The molecule has 0 aromatic carbocycles. The first kappa shape index (κ1) is 11.4. The number of nitrogens with zero attached hydrogens (tertiary/aromatic N) is 1. The molecule has 0 heterocycles. The zero-order valence-electron chi connectivity index (χ0n) is 6.90. The second kappa shape index (κ2) is 5.11. The summed E-state index contributed by atoms with van der Waals surface area (Å²) in [6, 6.07) is -1.41. The van der Waals surface area contributed by atoms with E-state index in [9.17, 15) is 18.1 Å². The van der Waals surface area contributed by atoms with Gasteiger partial charge in [-0.3, -0.25) is 8.78 Å². The maximum Gasteiger partial charge on any atom is 0.131 e. The molecule has 0 aliphatic carbocycles. The molecule has 0 radical (unpaired) electrons. The number of halogens is 3. The van der Waals surface area contributed by atoms with E-state index < -0.39 is 31.5 Å². The van der Waals surface area contributed by atoms with E-state index in [4.69, 9.17) is 0 Å². The summed E-state index contributed by atoms with van der Waals surface area (Å²) in [6.45, 7) is -1.71. The second-order valence-corrected chi connectivity index (χ2v) is 2.76. The van der Waals surface area contributed by atoms with Crippen molar-refractivity contribution in [2.24, 2.45) is 10.6 Å². The van der Waals surface area contributed by atoms with E-state index in [1.54, 1.807) is 0 Å². The van der Waals surface area contributed by atoms with Gasteiger partial charge in [-0.05, 0) is 6.42 Å². The van der Waals surface area contributed by atoms with Gasteiger partial charge in [0.05, 0.1) is 18.8 Å². The van der Waals surface area contributed by atoms with Crippen molar-refractivity contribution in [1.29, 1.82) is 0 Å². The summed E-state index contributed by atoms with van der Waals surface area (Å²) in [6.07, 6.45) is 0.0698. The topological polar surface area (TPSA) is 29.4 Å². The Balaban J connectivity index is 4.53. The molecular weight excluding hydrogens is 171 g/mol. The molecule has 0 saturated carbocycles. The third kappa shape index (κ3) is 1.95. The van der Waals surface area contributed by atoms with Crippen molar-refractivity contribution >= 4 is 0 Å². The lowest BCUT2D eigenvalue weighted by Crippen LogP contribution is -2.39. The Bertz CT molecular complexity index is 130. The Kier molecular flexibility index (Phi) is 4.85. The van der Waals surface area contributed by atoms with Crippen molar-refractivity contribution in [3.8, 4) is 0 Å². The fourth-order valence-corrected chi connectivity index (χ4v) is 0.942. The van der Waals surface area contributed by atoms with Crippen LogP contribution in [0.1, 0.15) is 13.3 Å². The number of rotatable bonds is 6. The third-order valence-corrected chi connectivity index (χ3v) is 2.22. The molecule has 0 fully saturated rings. The number of nitroso groups, excluding NO2 is 1. The first-order chi connectivity index (χ1) is 5.70. The largest absolute Gasteiger partial charge is 0.250 e. The van der Waals surface area contributed by atoms with Crippen LogP contribution in [0.25, 0.3) is 0 Å². The van der Waals surface area contributed by atoms with Crippen LogP contribution in [0.5, 0.6) is 0 Å². The van der Waals surface area contributed by atoms with Gasteiger partial charge in [0.15, 0.2) is 0 Å². The molecule has 0 aromatic rings. The lowest BCUT2D eigenvalue weighted by Gasteiger charge is -2.28. The molecule has 0 amide bonds. The molecule has 0 aliphatic heterocycles. The molecule has 1 unspecified atom stereocenters. The van der Waals surface area contributed by atoms with Crippen LogP contribution < -0.4 is 0 Å². The Morgan fingerprint density at radius 2 is 1.83 bits per heavy atom. The second-order valence-electron chi connectivity index (χ2n) is 2.76. The normalized spacial score (nSPS) is 14.3. The standard InChI is InChI=1S/C7H12F3NO/c1-2-7(4-9,5-10)6(3-8)11-12/h6H,2-5H2,1H3. The maximum atomic E-state index is 12.3. The third-order valence-electron chi connectivity index (χ3n) is 2.22.